The normalized spacial score (nSPS) is 18.8. The third-order valence-electron chi connectivity index (χ3n) is 5.21. The van der Waals surface area contributed by atoms with Gasteiger partial charge in [0.05, 0.1) is 25.2 Å². The van der Waals surface area contributed by atoms with E-state index >= 15 is 0 Å². The summed E-state index contributed by atoms with van der Waals surface area (Å²) in [5.41, 5.74) is 3.37. The predicted molar refractivity (Wildman–Crippen MR) is 110 cm³/mol. The lowest BCUT2D eigenvalue weighted by molar-refractivity contribution is 0.378. The molecule has 4 rings (SSSR count). The summed E-state index contributed by atoms with van der Waals surface area (Å²) in [7, 11) is 1.69. The average Bonchev–Trinajstić information content (AvgIpc) is 3.22. The maximum atomic E-state index is 8.81. The lowest BCUT2D eigenvalue weighted by Gasteiger charge is -2.28. The molecule has 3 N–H and O–H groups in total. The fraction of sp³-hybridized carbons (Fsp3) is 0.333. The van der Waals surface area contributed by atoms with E-state index in [0.717, 1.165) is 36.4 Å². The summed E-state index contributed by atoms with van der Waals surface area (Å²) in [5, 5.41) is 22.7. The van der Waals surface area contributed by atoms with Gasteiger partial charge in [-0.3, -0.25) is 5.10 Å². The Labute approximate surface area is 169 Å². The molecule has 148 valence electrons. The van der Waals surface area contributed by atoms with E-state index in [2.05, 4.69) is 55.9 Å². The van der Waals surface area contributed by atoms with E-state index in [0.29, 0.717) is 23.6 Å². The highest BCUT2D eigenvalue weighted by molar-refractivity contribution is 5.71. The number of rotatable bonds is 5. The smallest absolute Gasteiger partial charge is 0.158 e. The van der Waals surface area contributed by atoms with Crippen molar-refractivity contribution in [1.82, 2.24) is 25.5 Å². The van der Waals surface area contributed by atoms with E-state index in [1.807, 2.05) is 12.1 Å². The van der Waals surface area contributed by atoms with Gasteiger partial charge in [0.25, 0.3) is 0 Å². The van der Waals surface area contributed by atoms with Crippen molar-refractivity contribution in [2.45, 2.75) is 31.7 Å². The van der Waals surface area contributed by atoms with Crippen molar-refractivity contribution in [3.63, 3.8) is 0 Å². The van der Waals surface area contributed by atoms with Gasteiger partial charge in [-0.15, -0.1) is 0 Å². The highest BCUT2D eigenvalue weighted by Crippen LogP contribution is 2.36. The Morgan fingerprint density at radius 1 is 1.21 bits per heavy atom. The van der Waals surface area contributed by atoms with Gasteiger partial charge in [-0.2, -0.15) is 10.4 Å². The molecular formula is C21H23N7O. The molecule has 0 amide bonds. The van der Waals surface area contributed by atoms with Crippen LogP contribution in [0.3, 0.4) is 0 Å². The number of benzene rings is 1. The molecule has 3 heterocycles. The number of ether oxygens (including phenoxy) is 1. The molecule has 2 aromatic heterocycles. The van der Waals surface area contributed by atoms with Crippen LogP contribution in [0.1, 0.15) is 36.9 Å². The van der Waals surface area contributed by atoms with Crippen LogP contribution >= 0.6 is 0 Å². The number of methoxy groups -OCH3 is 1. The summed E-state index contributed by atoms with van der Waals surface area (Å²) >= 11 is 0. The molecule has 1 aliphatic heterocycles. The number of aromatic nitrogens is 4. The van der Waals surface area contributed by atoms with Crippen LogP contribution in [0.25, 0.3) is 11.3 Å². The molecule has 3 aromatic rings. The first-order chi connectivity index (χ1) is 14.2. The maximum Gasteiger partial charge on any atom is 0.158 e. The van der Waals surface area contributed by atoms with Crippen LogP contribution in [0.2, 0.25) is 0 Å². The standard InChI is InChI=1S/C21H23N7O/c1-13-7-15(5-6-23-13)14-3-4-17(19(8-14)29-2)18-9-20(28-27-18)26-21-12-24-16(10-22)11-25-21/h3-4,8-9,11-13,15,23H,5-7H2,1-2H3,(H2,25,26,27,28). The van der Waals surface area contributed by atoms with Crippen LogP contribution < -0.4 is 15.4 Å². The van der Waals surface area contributed by atoms with Gasteiger partial charge in [-0.25, -0.2) is 9.97 Å². The minimum absolute atomic E-state index is 0.270. The quantitative estimate of drug-likeness (QED) is 0.613. The molecule has 0 spiro atoms. The fourth-order valence-corrected chi connectivity index (χ4v) is 3.72. The average molecular weight is 389 g/mol. The molecule has 1 aliphatic rings. The van der Waals surface area contributed by atoms with Gasteiger partial charge >= 0.3 is 0 Å². The van der Waals surface area contributed by atoms with Gasteiger partial charge < -0.3 is 15.4 Å². The Bertz CT molecular complexity index is 1020. The molecule has 1 fully saturated rings. The SMILES string of the molecule is COc1cc(C2CCNC(C)C2)ccc1-c1cc(Nc2cnc(C#N)cn2)n[nH]1. The minimum atomic E-state index is 0.270. The Kier molecular flexibility index (Phi) is 5.40. The van der Waals surface area contributed by atoms with Gasteiger partial charge in [0.15, 0.2) is 11.5 Å². The first kappa shape index (κ1) is 18.9. The topological polar surface area (TPSA) is 112 Å². The van der Waals surface area contributed by atoms with E-state index in [1.54, 1.807) is 7.11 Å². The number of aromatic amines is 1. The number of hydrogen-bond donors (Lipinski definition) is 3. The largest absolute Gasteiger partial charge is 0.496 e. The van der Waals surface area contributed by atoms with Gasteiger partial charge in [0.1, 0.15) is 17.6 Å². The molecule has 0 saturated carbocycles. The van der Waals surface area contributed by atoms with Crippen LogP contribution in [0.15, 0.2) is 36.7 Å². The second kappa shape index (κ2) is 8.29. The Morgan fingerprint density at radius 3 is 2.83 bits per heavy atom. The van der Waals surface area contributed by atoms with Crippen LogP contribution in [0.5, 0.6) is 5.75 Å². The molecule has 1 saturated heterocycles. The second-order valence-electron chi connectivity index (χ2n) is 7.23. The van der Waals surface area contributed by atoms with Crippen LogP contribution in [0.4, 0.5) is 11.6 Å². The number of H-pyrrole nitrogens is 1. The van der Waals surface area contributed by atoms with Crippen LogP contribution in [0, 0.1) is 11.3 Å². The zero-order valence-electron chi connectivity index (χ0n) is 16.4. The molecule has 0 bridgehead atoms. The molecule has 2 unspecified atom stereocenters. The molecule has 2 atom stereocenters. The van der Waals surface area contributed by atoms with Crippen LogP contribution in [-0.4, -0.2) is 39.9 Å². The number of nitriles is 1. The van der Waals surface area contributed by atoms with Crippen molar-refractivity contribution in [3.8, 4) is 23.1 Å². The van der Waals surface area contributed by atoms with Crippen molar-refractivity contribution in [2.24, 2.45) is 0 Å². The summed E-state index contributed by atoms with van der Waals surface area (Å²) in [6.45, 7) is 3.28. The van der Waals surface area contributed by atoms with Gasteiger partial charge in [0, 0.05) is 17.7 Å². The molecule has 1 aromatic carbocycles. The number of nitrogens with zero attached hydrogens (tertiary/aromatic N) is 4. The minimum Gasteiger partial charge on any atom is -0.496 e. The summed E-state index contributed by atoms with van der Waals surface area (Å²) in [6.07, 6.45) is 5.18. The van der Waals surface area contributed by atoms with E-state index in [-0.39, 0.29) is 5.69 Å². The maximum absolute atomic E-state index is 8.81. The number of anilines is 2. The van der Waals surface area contributed by atoms with E-state index in [9.17, 15) is 0 Å². The monoisotopic (exact) mass is 389 g/mol. The molecule has 8 heteroatoms. The van der Waals surface area contributed by atoms with E-state index in [1.165, 1.54) is 18.0 Å². The number of nitrogens with one attached hydrogen (secondary N) is 3. The molecular weight excluding hydrogens is 366 g/mol. The molecule has 29 heavy (non-hydrogen) atoms. The summed E-state index contributed by atoms with van der Waals surface area (Å²) < 4.78 is 5.67. The highest BCUT2D eigenvalue weighted by Gasteiger charge is 2.21. The van der Waals surface area contributed by atoms with Gasteiger partial charge in [0.2, 0.25) is 0 Å². The van der Waals surface area contributed by atoms with Crippen LogP contribution in [-0.2, 0) is 0 Å². The van der Waals surface area contributed by atoms with E-state index < -0.39 is 0 Å². The number of hydrogen-bond acceptors (Lipinski definition) is 7. The van der Waals surface area contributed by atoms with Crippen molar-refractivity contribution < 1.29 is 4.74 Å². The third kappa shape index (κ3) is 4.20. The fourth-order valence-electron chi connectivity index (χ4n) is 3.72. The molecule has 8 nitrogen and oxygen atoms in total. The zero-order chi connectivity index (χ0) is 20.2. The first-order valence-corrected chi connectivity index (χ1v) is 9.62. The van der Waals surface area contributed by atoms with Crippen molar-refractivity contribution >= 4 is 11.6 Å². The Balaban J connectivity index is 1.54. The van der Waals surface area contributed by atoms with Crippen molar-refractivity contribution in [1.29, 1.82) is 5.26 Å². The lowest BCUT2D eigenvalue weighted by atomic mass is 9.86. The summed E-state index contributed by atoms with van der Waals surface area (Å²) in [6, 6.07) is 10.8. The predicted octanol–water partition coefficient (Wildman–Crippen LogP) is 3.35. The van der Waals surface area contributed by atoms with E-state index in [4.69, 9.17) is 10.00 Å². The van der Waals surface area contributed by atoms with Gasteiger partial charge in [-0.05, 0) is 49.9 Å². The third-order valence-corrected chi connectivity index (χ3v) is 5.21. The van der Waals surface area contributed by atoms with Gasteiger partial charge in [-0.1, -0.05) is 6.07 Å². The zero-order valence-corrected chi connectivity index (χ0v) is 16.4. The van der Waals surface area contributed by atoms with Crippen molar-refractivity contribution in [3.05, 3.63) is 47.9 Å². The lowest BCUT2D eigenvalue weighted by Crippen LogP contribution is -2.34. The molecule has 0 aliphatic carbocycles. The molecule has 0 radical (unpaired) electrons. The Morgan fingerprint density at radius 2 is 2.10 bits per heavy atom. The first-order valence-electron chi connectivity index (χ1n) is 9.62. The van der Waals surface area contributed by atoms with Crippen molar-refractivity contribution in [2.75, 3.05) is 19.0 Å². The second-order valence-corrected chi connectivity index (χ2v) is 7.23. The Hall–Kier alpha value is -3.44. The summed E-state index contributed by atoms with van der Waals surface area (Å²) in [5.74, 6) is 2.49. The number of piperidine rings is 1. The highest BCUT2D eigenvalue weighted by atomic mass is 16.5. The summed E-state index contributed by atoms with van der Waals surface area (Å²) in [4.78, 5) is 8.15.